The number of likely N-dealkylation sites (tertiary alicyclic amines) is 1. The van der Waals surface area contributed by atoms with Crippen LogP contribution in [0.4, 0.5) is 0 Å². The van der Waals surface area contributed by atoms with Crippen LogP contribution in [0.15, 0.2) is 30.3 Å². The molecule has 1 N–H and O–H groups in total. The number of amides is 2. The van der Waals surface area contributed by atoms with Crippen molar-refractivity contribution >= 4 is 11.8 Å². The van der Waals surface area contributed by atoms with Crippen molar-refractivity contribution in [3.05, 3.63) is 35.9 Å². The Labute approximate surface area is 125 Å². The second-order valence-corrected chi connectivity index (χ2v) is 6.03. The van der Waals surface area contributed by atoms with E-state index in [9.17, 15) is 9.59 Å². The molecule has 21 heavy (non-hydrogen) atoms. The molecule has 2 heterocycles. The first-order valence-electron chi connectivity index (χ1n) is 7.88. The standard InChI is InChI=1S/C17H22N2O2/c20-16-9-5-4-8-15(18-16)17(21)19-11-10-14(19)12-13-6-2-1-3-7-13/h1-3,6-7,14-15H,4-5,8-12H2,(H,18,20)/t14-,15+/m0/s1. The molecule has 0 aromatic heterocycles. The lowest BCUT2D eigenvalue weighted by Crippen LogP contribution is -2.58. The molecule has 4 heteroatoms. The van der Waals surface area contributed by atoms with E-state index in [1.54, 1.807) is 0 Å². The Bertz CT molecular complexity index is 515. The quantitative estimate of drug-likeness (QED) is 0.922. The molecule has 2 atom stereocenters. The second-order valence-electron chi connectivity index (χ2n) is 6.03. The van der Waals surface area contributed by atoms with Crippen LogP contribution in [0.5, 0.6) is 0 Å². The Balaban J connectivity index is 1.61. The molecule has 0 bridgehead atoms. The smallest absolute Gasteiger partial charge is 0.245 e. The molecule has 4 nitrogen and oxygen atoms in total. The molecule has 2 saturated heterocycles. The van der Waals surface area contributed by atoms with Crippen LogP contribution in [-0.4, -0.2) is 35.3 Å². The summed E-state index contributed by atoms with van der Waals surface area (Å²) in [6.07, 6.45) is 5.14. The molecule has 2 amide bonds. The first-order chi connectivity index (χ1) is 10.2. The van der Waals surface area contributed by atoms with Crippen LogP contribution in [0, 0.1) is 0 Å². The highest BCUT2D eigenvalue weighted by atomic mass is 16.2. The topological polar surface area (TPSA) is 49.4 Å². The molecule has 0 saturated carbocycles. The van der Waals surface area contributed by atoms with E-state index in [0.717, 1.165) is 38.6 Å². The summed E-state index contributed by atoms with van der Waals surface area (Å²) in [5.74, 6) is 0.128. The van der Waals surface area contributed by atoms with Gasteiger partial charge in [0.25, 0.3) is 0 Å². The minimum absolute atomic E-state index is 0.0194. The third kappa shape index (κ3) is 3.26. The maximum absolute atomic E-state index is 12.6. The van der Waals surface area contributed by atoms with Crippen LogP contribution in [0.1, 0.15) is 37.7 Å². The van der Waals surface area contributed by atoms with Crippen molar-refractivity contribution in [2.24, 2.45) is 0 Å². The largest absolute Gasteiger partial charge is 0.344 e. The van der Waals surface area contributed by atoms with Crippen molar-refractivity contribution in [1.29, 1.82) is 0 Å². The lowest BCUT2D eigenvalue weighted by atomic mass is 9.93. The summed E-state index contributed by atoms with van der Waals surface area (Å²) in [6.45, 7) is 0.822. The second kappa shape index (κ2) is 6.29. The average molecular weight is 286 g/mol. The molecule has 0 radical (unpaired) electrons. The summed E-state index contributed by atoms with van der Waals surface area (Å²) in [5, 5.41) is 2.88. The van der Waals surface area contributed by atoms with Gasteiger partial charge in [-0.3, -0.25) is 9.59 Å². The van der Waals surface area contributed by atoms with Crippen LogP contribution in [-0.2, 0) is 16.0 Å². The van der Waals surface area contributed by atoms with Gasteiger partial charge in [-0.05, 0) is 31.2 Å². The van der Waals surface area contributed by atoms with Gasteiger partial charge in [-0.25, -0.2) is 0 Å². The summed E-state index contributed by atoms with van der Waals surface area (Å²) in [7, 11) is 0. The number of rotatable bonds is 3. The third-order valence-electron chi connectivity index (χ3n) is 4.52. The molecular formula is C17H22N2O2. The highest BCUT2D eigenvalue weighted by molar-refractivity contribution is 5.88. The van der Waals surface area contributed by atoms with Gasteiger partial charge in [0.05, 0.1) is 0 Å². The Hall–Kier alpha value is -1.84. The molecule has 112 valence electrons. The van der Waals surface area contributed by atoms with E-state index >= 15 is 0 Å². The number of nitrogens with one attached hydrogen (secondary N) is 1. The lowest BCUT2D eigenvalue weighted by molar-refractivity contribution is -0.143. The molecule has 2 fully saturated rings. The van der Waals surface area contributed by atoms with Crippen LogP contribution in [0.3, 0.4) is 0 Å². The van der Waals surface area contributed by atoms with Crippen molar-refractivity contribution in [2.45, 2.75) is 50.6 Å². The van der Waals surface area contributed by atoms with Crippen molar-refractivity contribution in [2.75, 3.05) is 6.54 Å². The molecule has 2 aliphatic rings. The van der Waals surface area contributed by atoms with Gasteiger partial charge in [0, 0.05) is 19.0 Å². The number of hydrogen-bond donors (Lipinski definition) is 1. The lowest BCUT2D eigenvalue weighted by Gasteiger charge is -2.43. The van der Waals surface area contributed by atoms with E-state index in [0.29, 0.717) is 12.5 Å². The fourth-order valence-electron chi connectivity index (χ4n) is 3.19. The highest BCUT2D eigenvalue weighted by Crippen LogP contribution is 2.24. The van der Waals surface area contributed by atoms with Crippen LogP contribution >= 0.6 is 0 Å². The molecule has 1 aromatic carbocycles. The minimum atomic E-state index is -0.307. The van der Waals surface area contributed by atoms with E-state index in [1.807, 2.05) is 23.1 Å². The van der Waals surface area contributed by atoms with Crippen LogP contribution in [0.2, 0.25) is 0 Å². The number of benzene rings is 1. The Kier molecular flexibility index (Phi) is 4.23. The van der Waals surface area contributed by atoms with Crippen molar-refractivity contribution in [3.63, 3.8) is 0 Å². The predicted octanol–water partition coefficient (Wildman–Crippen LogP) is 1.89. The summed E-state index contributed by atoms with van der Waals surface area (Å²) in [4.78, 5) is 26.2. The summed E-state index contributed by atoms with van der Waals surface area (Å²) in [5.41, 5.74) is 1.27. The molecular weight excluding hydrogens is 264 g/mol. The normalized spacial score (nSPS) is 25.7. The average Bonchev–Trinajstić information content (AvgIpc) is 2.69. The zero-order valence-electron chi connectivity index (χ0n) is 12.3. The number of nitrogens with zero attached hydrogens (tertiary/aromatic N) is 1. The number of carbonyl (C=O) groups is 2. The number of carbonyl (C=O) groups excluding carboxylic acids is 2. The zero-order chi connectivity index (χ0) is 14.7. The summed E-state index contributed by atoms with van der Waals surface area (Å²) >= 11 is 0. The van der Waals surface area contributed by atoms with Crippen molar-refractivity contribution < 1.29 is 9.59 Å². The molecule has 3 rings (SSSR count). The fourth-order valence-corrected chi connectivity index (χ4v) is 3.19. The SMILES string of the molecule is O=C1CCCC[C@H](C(=O)N2CC[C@H]2Cc2ccccc2)N1. The Morgan fingerprint density at radius 3 is 2.71 bits per heavy atom. The minimum Gasteiger partial charge on any atom is -0.344 e. The summed E-state index contributed by atoms with van der Waals surface area (Å²) in [6, 6.07) is 10.3. The van der Waals surface area contributed by atoms with Crippen LogP contribution < -0.4 is 5.32 Å². The molecule has 1 aromatic rings. The van der Waals surface area contributed by atoms with Gasteiger partial charge in [0.1, 0.15) is 6.04 Å². The van der Waals surface area contributed by atoms with Gasteiger partial charge in [0.2, 0.25) is 11.8 Å². The first kappa shape index (κ1) is 14.1. The number of hydrogen-bond acceptors (Lipinski definition) is 2. The highest BCUT2D eigenvalue weighted by Gasteiger charge is 2.36. The van der Waals surface area contributed by atoms with Crippen molar-refractivity contribution in [1.82, 2.24) is 10.2 Å². The van der Waals surface area contributed by atoms with Gasteiger partial charge in [0.15, 0.2) is 0 Å². The van der Waals surface area contributed by atoms with Gasteiger partial charge in [-0.1, -0.05) is 36.8 Å². The maximum Gasteiger partial charge on any atom is 0.245 e. The van der Waals surface area contributed by atoms with Gasteiger partial charge < -0.3 is 10.2 Å². The van der Waals surface area contributed by atoms with Gasteiger partial charge in [-0.2, -0.15) is 0 Å². The summed E-state index contributed by atoms with van der Waals surface area (Å²) < 4.78 is 0. The molecule has 0 aliphatic carbocycles. The Morgan fingerprint density at radius 2 is 2.00 bits per heavy atom. The van der Waals surface area contributed by atoms with E-state index in [2.05, 4.69) is 17.4 Å². The van der Waals surface area contributed by atoms with E-state index in [-0.39, 0.29) is 17.9 Å². The third-order valence-corrected chi connectivity index (χ3v) is 4.52. The van der Waals surface area contributed by atoms with Crippen molar-refractivity contribution in [3.8, 4) is 0 Å². The van der Waals surface area contributed by atoms with Crippen LogP contribution in [0.25, 0.3) is 0 Å². The van der Waals surface area contributed by atoms with Gasteiger partial charge in [-0.15, -0.1) is 0 Å². The fraction of sp³-hybridized carbons (Fsp3) is 0.529. The zero-order valence-corrected chi connectivity index (χ0v) is 12.3. The molecule has 0 unspecified atom stereocenters. The first-order valence-corrected chi connectivity index (χ1v) is 7.88. The monoisotopic (exact) mass is 286 g/mol. The maximum atomic E-state index is 12.6. The molecule has 2 aliphatic heterocycles. The van der Waals surface area contributed by atoms with Gasteiger partial charge >= 0.3 is 0 Å². The van der Waals surface area contributed by atoms with E-state index in [1.165, 1.54) is 5.56 Å². The van der Waals surface area contributed by atoms with E-state index < -0.39 is 0 Å². The Morgan fingerprint density at radius 1 is 1.19 bits per heavy atom. The molecule has 0 spiro atoms. The van der Waals surface area contributed by atoms with E-state index in [4.69, 9.17) is 0 Å². The predicted molar refractivity (Wildman–Crippen MR) is 80.7 cm³/mol.